The molecule has 0 aliphatic rings. The zero-order chi connectivity index (χ0) is 11.4. The Bertz CT molecular complexity index is 389. The maximum Gasteiger partial charge on any atom is 0.107 e. The number of anilines is 1. The minimum atomic E-state index is -1.11. The number of nitrogen functional groups attached to an aromatic ring is 1. The van der Waals surface area contributed by atoms with Crippen molar-refractivity contribution in [3.05, 3.63) is 29.3 Å². The molecule has 0 radical (unpaired) electrons. The Hall–Kier alpha value is -1.09. The SMILES string of the molecule is N#Cc1c(N)cccc1C(O)C(O)CBr. The van der Waals surface area contributed by atoms with Gasteiger partial charge in [0.2, 0.25) is 0 Å². The fourth-order valence-corrected chi connectivity index (χ4v) is 1.61. The molecule has 1 aromatic rings. The highest BCUT2D eigenvalue weighted by Crippen LogP contribution is 2.25. The molecule has 0 aliphatic carbocycles. The molecule has 0 aliphatic heterocycles. The Balaban J connectivity index is 3.15. The lowest BCUT2D eigenvalue weighted by Gasteiger charge is -2.17. The van der Waals surface area contributed by atoms with E-state index < -0.39 is 12.2 Å². The summed E-state index contributed by atoms with van der Waals surface area (Å²) in [5, 5.41) is 28.3. The van der Waals surface area contributed by atoms with E-state index in [1.54, 1.807) is 18.2 Å². The van der Waals surface area contributed by atoms with Gasteiger partial charge in [0.25, 0.3) is 0 Å². The van der Waals surface area contributed by atoms with E-state index in [2.05, 4.69) is 15.9 Å². The average Bonchev–Trinajstić information content (AvgIpc) is 2.26. The van der Waals surface area contributed by atoms with Gasteiger partial charge in [-0.2, -0.15) is 5.26 Å². The smallest absolute Gasteiger partial charge is 0.107 e. The average molecular weight is 271 g/mol. The molecule has 0 amide bonds. The molecule has 0 heterocycles. The van der Waals surface area contributed by atoms with E-state index in [0.29, 0.717) is 11.3 Å². The minimum Gasteiger partial charge on any atom is -0.398 e. The molecule has 80 valence electrons. The highest BCUT2D eigenvalue weighted by atomic mass is 79.9. The second kappa shape index (κ2) is 5.12. The number of aliphatic hydroxyl groups excluding tert-OH is 2. The Kier molecular flexibility index (Phi) is 4.09. The summed E-state index contributed by atoms with van der Waals surface area (Å²) in [6.45, 7) is 0. The molecule has 0 saturated heterocycles. The molecular formula is C10H11BrN2O2. The molecule has 15 heavy (non-hydrogen) atoms. The summed E-state index contributed by atoms with van der Waals surface area (Å²) >= 11 is 3.05. The van der Waals surface area contributed by atoms with Gasteiger partial charge in [-0.1, -0.05) is 28.1 Å². The molecule has 4 nitrogen and oxygen atoms in total. The molecule has 1 aromatic carbocycles. The second-order valence-corrected chi connectivity index (χ2v) is 3.74. The first-order valence-electron chi connectivity index (χ1n) is 4.32. The second-order valence-electron chi connectivity index (χ2n) is 3.09. The third-order valence-corrected chi connectivity index (χ3v) is 2.75. The van der Waals surface area contributed by atoms with Gasteiger partial charge < -0.3 is 15.9 Å². The monoisotopic (exact) mass is 270 g/mol. The van der Waals surface area contributed by atoms with Gasteiger partial charge in [0, 0.05) is 16.6 Å². The Labute approximate surface area is 96.1 Å². The predicted molar refractivity (Wildman–Crippen MR) is 60.3 cm³/mol. The maximum atomic E-state index is 9.74. The quantitative estimate of drug-likeness (QED) is 0.563. The Morgan fingerprint density at radius 1 is 1.47 bits per heavy atom. The molecular weight excluding hydrogens is 260 g/mol. The number of aliphatic hydroxyl groups is 2. The Morgan fingerprint density at radius 3 is 2.67 bits per heavy atom. The summed E-state index contributed by atoms with van der Waals surface area (Å²) in [7, 11) is 0. The van der Waals surface area contributed by atoms with E-state index in [1.165, 1.54) is 0 Å². The lowest BCUT2D eigenvalue weighted by Crippen LogP contribution is -2.20. The summed E-state index contributed by atoms with van der Waals surface area (Å²) < 4.78 is 0. The van der Waals surface area contributed by atoms with Crippen LogP contribution < -0.4 is 5.73 Å². The third kappa shape index (κ3) is 2.48. The van der Waals surface area contributed by atoms with Crippen molar-refractivity contribution in [2.75, 3.05) is 11.1 Å². The van der Waals surface area contributed by atoms with Crippen molar-refractivity contribution in [3.8, 4) is 6.07 Å². The molecule has 5 heteroatoms. The fraction of sp³-hybridized carbons (Fsp3) is 0.300. The number of hydrogen-bond acceptors (Lipinski definition) is 4. The molecule has 0 spiro atoms. The van der Waals surface area contributed by atoms with Crippen molar-refractivity contribution in [2.24, 2.45) is 0 Å². The molecule has 0 saturated carbocycles. The number of hydrogen-bond donors (Lipinski definition) is 3. The molecule has 2 atom stereocenters. The van der Waals surface area contributed by atoms with Crippen molar-refractivity contribution in [2.45, 2.75) is 12.2 Å². The number of benzene rings is 1. The van der Waals surface area contributed by atoms with Crippen molar-refractivity contribution in [1.82, 2.24) is 0 Å². The Morgan fingerprint density at radius 2 is 2.13 bits per heavy atom. The highest BCUT2D eigenvalue weighted by molar-refractivity contribution is 9.09. The van der Waals surface area contributed by atoms with Gasteiger partial charge in [0.1, 0.15) is 12.2 Å². The standard InChI is InChI=1S/C10H11BrN2O2/c11-4-9(14)10(15)6-2-1-3-8(13)7(6)5-12/h1-3,9-10,14-15H,4,13H2. The molecule has 0 bridgehead atoms. The van der Waals surface area contributed by atoms with Crippen LogP contribution in [0.1, 0.15) is 17.2 Å². The van der Waals surface area contributed by atoms with E-state index in [4.69, 9.17) is 11.0 Å². The zero-order valence-corrected chi connectivity index (χ0v) is 9.48. The van der Waals surface area contributed by atoms with Gasteiger partial charge >= 0.3 is 0 Å². The van der Waals surface area contributed by atoms with Gasteiger partial charge in [0.15, 0.2) is 0 Å². The zero-order valence-electron chi connectivity index (χ0n) is 7.89. The van der Waals surface area contributed by atoms with Gasteiger partial charge in [-0.3, -0.25) is 0 Å². The molecule has 4 N–H and O–H groups in total. The number of halogens is 1. The fourth-order valence-electron chi connectivity index (χ4n) is 1.26. The van der Waals surface area contributed by atoms with Crippen molar-refractivity contribution >= 4 is 21.6 Å². The van der Waals surface area contributed by atoms with Crippen molar-refractivity contribution in [3.63, 3.8) is 0 Å². The van der Waals surface area contributed by atoms with Crippen LogP contribution in [0.5, 0.6) is 0 Å². The van der Waals surface area contributed by atoms with E-state index >= 15 is 0 Å². The van der Waals surface area contributed by atoms with Crippen LogP contribution in [0.15, 0.2) is 18.2 Å². The van der Waals surface area contributed by atoms with Crippen LogP contribution in [-0.4, -0.2) is 21.6 Å². The van der Waals surface area contributed by atoms with Gasteiger partial charge in [-0.05, 0) is 6.07 Å². The first-order valence-corrected chi connectivity index (χ1v) is 5.44. The van der Waals surface area contributed by atoms with Crippen molar-refractivity contribution < 1.29 is 10.2 Å². The topological polar surface area (TPSA) is 90.3 Å². The number of rotatable bonds is 3. The largest absolute Gasteiger partial charge is 0.398 e. The maximum absolute atomic E-state index is 9.74. The molecule has 0 aromatic heterocycles. The van der Waals surface area contributed by atoms with Crippen LogP contribution in [0.4, 0.5) is 5.69 Å². The normalized spacial score (nSPS) is 14.3. The number of nitrogens with zero attached hydrogens (tertiary/aromatic N) is 1. The van der Waals surface area contributed by atoms with Crippen LogP contribution in [-0.2, 0) is 0 Å². The highest BCUT2D eigenvalue weighted by Gasteiger charge is 2.21. The van der Waals surface area contributed by atoms with E-state index in [1.807, 2.05) is 6.07 Å². The number of nitriles is 1. The van der Waals surface area contributed by atoms with E-state index in [-0.39, 0.29) is 10.9 Å². The predicted octanol–water partition coefficient (Wildman–Crippen LogP) is 0.930. The lowest BCUT2D eigenvalue weighted by atomic mass is 9.99. The number of alkyl halides is 1. The lowest BCUT2D eigenvalue weighted by molar-refractivity contribution is 0.0341. The molecule has 0 fully saturated rings. The molecule has 2 unspecified atom stereocenters. The summed E-state index contributed by atoms with van der Waals surface area (Å²) in [6.07, 6.45) is -2.07. The van der Waals surface area contributed by atoms with E-state index in [0.717, 1.165) is 0 Å². The summed E-state index contributed by atoms with van der Waals surface area (Å²) in [5.74, 6) is 0. The number of nitrogens with two attached hydrogens (primary N) is 1. The van der Waals surface area contributed by atoms with Gasteiger partial charge in [-0.15, -0.1) is 0 Å². The first kappa shape index (κ1) is 12.0. The van der Waals surface area contributed by atoms with Crippen LogP contribution in [0.25, 0.3) is 0 Å². The van der Waals surface area contributed by atoms with Crippen molar-refractivity contribution in [1.29, 1.82) is 5.26 Å². The molecule has 1 rings (SSSR count). The summed E-state index contributed by atoms with van der Waals surface area (Å²) in [5.41, 5.74) is 6.45. The van der Waals surface area contributed by atoms with Crippen LogP contribution in [0.2, 0.25) is 0 Å². The third-order valence-electron chi connectivity index (χ3n) is 2.08. The van der Waals surface area contributed by atoms with Crippen LogP contribution >= 0.6 is 15.9 Å². The minimum absolute atomic E-state index is 0.213. The van der Waals surface area contributed by atoms with E-state index in [9.17, 15) is 10.2 Å². The van der Waals surface area contributed by atoms with Crippen LogP contribution in [0.3, 0.4) is 0 Å². The summed E-state index contributed by atoms with van der Waals surface area (Å²) in [6, 6.07) is 6.70. The first-order chi connectivity index (χ1) is 7.11. The summed E-state index contributed by atoms with van der Waals surface area (Å²) in [4.78, 5) is 0. The van der Waals surface area contributed by atoms with Crippen LogP contribution in [0, 0.1) is 11.3 Å². The van der Waals surface area contributed by atoms with Gasteiger partial charge in [0.05, 0.1) is 11.7 Å². The van der Waals surface area contributed by atoms with Gasteiger partial charge in [-0.25, -0.2) is 0 Å².